The van der Waals surface area contributed by atoms with E-state index in [0.29, 0.717) is 0 Å². The molecule has 0 aliphatic carbocycles. The van der Waals surface area contributed by atoms with Gasteiger partial charge in [0.2, 0.25) is 0 Å². The molecule has 2 aliphatic rings. The SMILES string of the molecule is C[C@H]1Cc2cc(-n3ccnc3-c3cc4n(n3)CCNC4)ccc2O1. The van der Waals surface area contributed by atoms with Gasteiger partial charge in [-0.05, 0) is 36.8 Å². The van der Waals surface area contributed by atoms with Crippen LogP contribution in [0.3, 0.4) is 0 Å². The van der Waals surface area contributed by atoms with Gasteiger partial charge in [-0.15, -0.1) is 0 Å². The first-order chi connectivity index (χ1) is 11.8. The van der Waals surface area contributed by atoms with Gasteiger partial charge in [-0.3, -0.25) is 9.25 Å². The van der Waals surface area contributed by atoms with Crippen molar-refractivity contribution in [3.8, 4) is 23.0 Å². The van der Waals surface area contributed by atoms with Crippen molar-refractivity contribution in [1.82, 2.24) is 24.6 Å². The van der Waals surface area contributed by atoms with E-state index in [2.05, 4.69) is 50.7 Å². The molecule has 24 heavy (non-hydrogen) atoms. The van der Waals surface area contributed by atoms with Crippen LogP contribution in [0.15, 0.2) is 36.7 Å². The molecular formula is C18H19N5O. The quantitative estimate of drug-likeness (QED) is 0.786. The fraction of sp³-hybridized carbons (Fsp3) is 0.333. The van der Waals surface area contributed by atoms with Crippen molar-refractivity contribution in [2.75, 3.05) is 6.54 Å². The van der Waals surface area contributed by atoms with E-state index < -0.39 is 0 Å². The van der Waals surface area contributed by atoms with Crippen molar-refractivity contribution in [1.29, 1.82) is 0 Å². The van der Waals surface area contributed by atoms with Gasteiger partial charge in [0.05, 0.1) is 12.2 Å². The van der Waals surface area contributed by atoms with Crippen LogP contribution in [0.2, 0.25) is 0 Å². The van der Waals surface area contributed by atoms with Gasteiger partial charge in [0.15, 0.2) is 5.82 Å². The Morgan fingerprint density at radius 3 is 3.17 bits per heavy atom. The molecule has 0 radical (unpaired) electrons. The Labute approximate surface area is 140 Å². The normalized spacial score (nSPS) is 19.0. The number of nitrogens with one attached hydrogen (secondary N) is 1. The van der Waals surface area contributed by atoms with Crippen LogP contribution in [0.1, 0.15) is 18.2 Å². The molecule has 0 fully saturated rings. The summed E-state index contributed by atoms with van der Waals surface area (Å²) in [4.78, 5) is 4.55. The zero-order valence-electron chi connectivity index (χ0n) is 13.6. The summed E-state index contributed by atoms with van der Waals surface area (Å²) < 4.78 is 9.98. The highest BCUT2D eigenvalue weighted by molar-refractivity contribution is 5.56. The zero-order valence-corrected chi connectivity index (χ0v) is 13.6. The Balaban J connectivity index is 1.56. The molecule has 0 saturated carbocycles. The number of fused-ring (bicyclic) bond motifs is 2. The minimum absolute atomic E-state index is 0.255. The highest BCUT2D eigenvalue weighted by Crippen LogP contribution is 2.31. The first-order valence-corrected chi connectivity index (χ1v) is 8.39. The van der Waals surface area contributed by atoms with Crippen LogP contribution in [0.4, 0.5) is 0 Å². The van der Waals surface area contributed by atoms with E-state index in [9.17, 15) is 0 Å². The lowest BCUT2D eigenvalue weighted by molar-refractivity contribution is 0.254. The number of benzene rings is 1. The van der Waals surface area contributed by atoms with Crippen LogP contribution in [0.5, 0.6) is 5.75 Å². The highest BCUT2D eigenvalue weighted by Gasteiger charge is 2.21. The third kappa shape index (κ3) is 2.14. The smallest absolute Gasteiger partial charge is 0.165 e. The summed E-state index contributed by atoms with van der Waals surface area (Å²) in [7, 11) is 0. The number of imidazole rings is 1. The van der Waals surface area contributed by atoms with Crippen LogP contribution in [0.25, 0.3) is 17.2 Å². The van der Waals surface area contributed by atoms with Crippen molar-refractivity contribution in [2.24, 2.45) is 0 Å². The molecule has 2 aliphatic heterocycles. The minimum Gasteiger partial charge on any atom is -0.490 e. The van der Waals surface area contributed by atoms with E-state index >= 15 is 0 Å². The van der Waals surface area contributed by atoms with Crippen LogP contribution >= 0.6 is 0 Å². The summed E-state index contributed by atoms with van der Waals surface area (Å²) in [5, 5.41) is 8.11. The van der Waals surface area contributed by atoms with Crippen molar-refractivity contribution < 1.29 is 4.74 Å². The molecule has 5 rings (SSSR count). The molecule has 122 valence electrons. The summed E-state index contributed by atoms with van der Waals surface area (Å²) in [6.45, 7) is 4.84. The Bertz CT molecular complexity index is 887. The van der Waals surface area contributed by atoms with Gasteiger partial charge < -0.3 is 10.1 Å². The minimum atomic E-state index is 0.255. The van der Waals surface area contributed by atoms with E-state index in [4.69, 9.17) is 9.84 Å². The molecule has 2 aromatic heterocycles. The molecule has 0 bridgehead atoms. The van der Waals surface area contributed by atoms with Crippen molar-refractivity contribution in [3.63, 3.8) is 0 Å². The van der Waals surface area contributed by atoms with Gasteiger partial charge in [0.25, 0.3) is 0 Å². The summed E-state index contributed by atoms with van der Waals surface area (Å²) in [6.07, 6.45) is 5.04. The molecular weight excluding hydrogens is 302 g/mol. The maximum atomic E-state index is 5.80. The number of hydrogen-bond acceptors (Lipinski definition) is 4. The third-order valence-corrected chi connectivity index (χ3v) is 4.70. The number of hydrogen-bond donors (Lipinski definition) is 1. The monoisotopic (exact) mass is 321 g/mol. The third-order valence-electron chi connectivity index (χ3n) is 4.70. The fourth-order valence-corrected chi connectivity index (χ4v) is 3.56. The lowest BCUT2D eigenvalue weighted by Gasteiger charge is -2.13. The number of ether oxygens (including phenoxy) is 1. The van der Waals surface area contributed by atoms with E-state index in [1.807, 2.05) is 12.4 Å². The average Bonchev–Trinajstić information content (AvgIpc) is 3.29. The molecule has 0 amide bonds. The van der Waals surface area contributed by atoms with E-state index in [-0.39, 0.29) is 6.10 Å². The van der Waals surface area contributed by atoms with Gasteiger partial charge in [0.1, 0.15) is 17.5 Å². The summed E-state index contributed by atoms with van der Waals surface area (Å²) in [5.74, 6) is 1.88. The van der Waals surface area contributed by atoms with Crippen LogP contribution in [-0.2, 0) is 19.5 Å². The van der Waals surface area contributed by atoms with Gasteiger partial charge in [-0.2, -0.15) is 5.10 Å². The van der Waals surface area contributed by atoms with E-state index in [0.717, 1.165) is 49.0 Å². The first kappa shape index (κ1) is 13.8. The topological polar surface area (TPSA) is 56.9 Å². The molecule has 0 unspecified atom stereocenters. The van der Waals surface area contributed by atoms with Gasteiger partial charge >= 0.3 is 0 Å². The molecule has 0 spiro atoms. The standard InChI is InChI=1S/C18H19N5O/c1-12-8-13-9-14(2-3-17(13)24-12)22-6-5-20-18(22)16-10-15-11-19-4-7-23(15)21-16/h2-3,5-6,9-10,12,19H,4,7-8,11H2,1H3/t12-/m0/s1. The highest BCUT2D eigenvalue weighted by atomic mass is 16.5. The Morgan fingerprint density at radius 2 is 2.25 bits per heavy atom. The Morgan fingerprint density at radius 1 is 1.29 bits per heavy atom. The van der Waals surface area contributed by atoms with Gasteiger partial charge in [0, 0.05) is 37.6 Å². The molecule has 1 atom stereocenters. The molecule has 6 nitrogen and oxygen atoms in total. The maximum Gasteiger partial charge on any atom is 0.165 e. The van der Waals surface area contributed by atoms with E-state index in [1.54, 1.807) is 0 Å². The van der Waals surface area contributed by atoms with Crippen molar-refractivity contribution >= 4 is 0 Å². The van der Waals surface area contributed by atoms with Crippen LogP contribution in [0, 0.1) is 0 Å². The number of rotatable bonds is 2. The molecule has 1 N–H and O–H groups in total. The first-order valence-electron chi connectivity index (χ1n) is 8.39. The molecule has 3 aromatic rings. The summed E-state index contributed by atoms with van der Waals surface area (Å²) in [5.41, 5.74) is 4.49. The number of nitrogens with zero attached hydrogens (tertiary/aromatic N) is 4. The lowest BCUT2D eigenvalue weighted by Crippen LogP contribution is -2.28. The second kappa shape index (κ2) is 5.21. The summed E-state index contributed by atoms with van der Waals surface area (Å²) >= 11 is 0. The molecule has 0 saturated heterocycles. The second-order valence-electron chi connectivity index (χ2n) is 6.47. The Kier molecular flexibility index (Phi) is 2.99. The predicted octanol–water partition coefficient (Wildman–Crippen LogP) is 2.16. The molecule has 4 heterocycles. The van der Waals surface area contributed by atoms with Crippen LogP contribution < -0.4 is 10.1 Å². The molecule has 6 heteroatoms. The van der Waals surface area contributed by atoms with Crippen molar-refractivity contribution in [3.05, 3.63) is 47.9 Å². The fourth-order valence-electron chi connectivity index (χ4n) is 3.56. The molecule has 1 aromatic carbocycles. The van der Waals surface area contributed by atoms with E-state index in [1.165, 1.54) is 11.3 Å². The van der Waals surface area contributed by atoms with Crippen molar-refractivity contribution in [2.45, 2.75) is 32.5 Å². The largest absolute Gasteiger partial charge is 0.490 e. The summed E-state index contributed by atoms with van der Waals surface area (Å²) in [6, 6.07) is 8.46. The van der Waals surface area contributed by atoms with Crippen LogP contribution in [-0.4, -0.2) is 32.0 Å². The lowest BCUT2D eigenvalue weighted by atomic mass is 10.1. The second-order valence-corrected chi connectivity index (χ2v) is 6.47. The zero-order chi connectivity index (χ0) is 16.1. The average molecular weight is 321 g/mol. The number of aromatic nitrogens is 4. The Hall–Kier alpha value is -2.60. The van der Waals surface area contributed by atoms with Gasteiger partial charge in [-0.25, -0.2) is 4.98 Å². The maximum absolute atomic E-state index is 5.80. The van der Waals surface area contributed by atoms with Gasteiger partial charge in [-0.1, -0.05) is 0 Å². The predicted molar refractivity (Wildman–Crippen MR) is 90.3 cm³/mol.